The van der Waals surface area contributed by atoms with Crippen LogP contribution in [-0.4, -0.2) is 64.4 Å². The first kappa shape index (κ1) is 17.0. The molecule has 2 N–H and O–H groups in total. The summed E-state index contributed by atoms with van der Waals surface area (Å²) in [6.07, 6.45) is 1.79. The van der Waals surface area contributed by atoms with Crippen molar-refractivity contribution in [3.63, 3.8) is 0 Å². The van der Waals surface area contributed by atoms with Gasteiger partial charge in [-0.25, -0.2) is 0 Å². The van der Waals surface area contributed by atoms with E-state index in [0.29, 0.717) is 10.5 Å². The molecule has 0 saturated carbocycles. The third-order valence-electron chi connectivity index (χ3n) is 3.73. The summed E-state index contributed by atoms with van der Waals surface area (Å²) >= 11 is 3.99. The second-order valence-electron chi connectivity index (χ2n) is 5.56. The fourth-order valence-corrected chi connectivity index (χ4v) is 5.40. The molecule has 0 spiro atoms. The zero-order valence-electron chi connectivity index (χ0n) is 13.3. The lowest BCUT2D eigenvalue weighted by Gasteiger charge is -2.33. The van der Waals surface area contributed by atoms with Gasteiger partial charge in [-0.1, -0.05) is 6.92 Å². The molecule has 7 heteroatoms. The van der Waals surface area contributed by atoms with Gasteiger partial charge in [-0.3, -0.25) is 4.68 Å². The molecule has 21 heavy (non-hydrogen) atoms. The van der Waals surface area contributed by atoms with Crippen molar-refractivity contribution in [2.45, 2.75) is 30.0 Å². The second kappa shape index (κ2) is 7.76. The molecular weight excluding hydrogens is 304 g/mol. The summed E-state index contributed by atoms with van der Waals surface area (Å²) in [6, 6.07) is -0.0441. The molecule has 0 aliphatic carbocycles. The van der Waals surface area contributed by atoms with Crippen LogP contribution < -0.4 is 10.5 Å². The van der Waals surface area contributed by atoms with Crippen molar-refractivity contribution < 1.29 is 4.74 Å². The summed E-state index contributed by atoms with van der Waals surface area (Å²) in [5.74, 6) is 3.19. The summed E-state index contributed by atoms with van der Waals surface area (Å²) in [5.41, 5.74) is 7.63. The first-order chi connectivity index (χ1) is 10.0. The molecule has 2 rings (SSSR count). The van der Waals surface area contributed by atoms with Crippen LogP contribution in [0.2, 0.25) is 0 Å². The summed E-state index contributed by atoms with van der Waals surface area (Å²) < 4.78 is 7.50. The Morgan fingerprint density at radius 1 is 1.48 bits per heavy atom. The van der Waals surface area contributed by atoms with E-state index in [9.17, 15) is 0 Å². The lowest BCUT2D eigenvalue weighted by Crippen LogP contribution is -2.36. The Hall–Kier alpha value is -0.370. The van der Waals surface area contributed by atoms with Crippen LogP contribution in [0.5, 0.6) is 5.75 Å². The van der Waals surface area contributed by atoms with E-state index in [4.69, 9.17) is 10.5 Å². The van der Waals surface area contributed by atoms with Gasteiger partial charge in [0.15, 0.2) is 5.75 Å². The number of nitrogens with zero attached hydrogens (tertiary/aromatic N) is 3. The van der Waals surface area contributed by atoms with Gasteiger partial charge in [0.1, 0.15) is 0 Å². The van der Waals surface area contributed by atoms with Crippen LogP contribution in [0.3, 0.4) is 0 Å². The van der Waals surface area contributed by atoms with Crippen molar-refractivity contribution in [3.05, 3.63) is 11.9 Å². The van der Waals surface area contributed by atoms with Gasteiger partial charge in [-0.15, -0.1) is 0 Å². The quantitative estimate of drug-likeness (QED) is 0.857. The zero-order valence-corrected chi connectivity index (χ0v) is 14.9. The maximum atomic E-state index is 6.60. The number of hydrogen-bond donors (Lipinski definition) is 1. The van der Waals surface area contributed by atoms with Crippen LogP contribution in [0.4, 0.5) is 0 Å². The summed E-state index contributed by atoms with van der Waals surface area (Å²) in [7, 11) is 5.82. The molecule has 1 aromatic rings. The number of aromatic nitrogens is 2. The van der Waals surface area contributed by atoms with E-state index < -0.39 is 0 Å². The molecule has 0 aromatic carbocycles. The molecule has 1 saturated heterocycles. The fourth-order valence-electron chi connectivity index (χ4n) is 2.54. The maximum absolute atomic E-state index is 6.60. The van der Waals surface area contributed by atoms with E-state index in [-0.39, 0.29) is 6.04 Å². The normalized spacial score (nSPS) is 24.3. The Kier molecular flexibility index (Phi) is 6.28. The lowest BCUT2D eigenvalue weighted by atomic mass is 10.1. The Morgan fingerprint density at radius 2 is 2.19 bits per heavy atom. The van der Waals surface area contributed by atoms with Crippen molar-refractivity contribution in [2.75, 3.05) is 39.3 Å². The van der Waals surface area contributed by atoms with Gasteiger partial charge < -0.3 is 15.4 Å². The minimum absolute atomic E-state index is 0.0441. The second-order valence-corrected chi connectivity index (χ2v) is 8.33. The van der Waals surface area contributed by atoms with Gasteiger partial charge in [-0.2, -0.15) is 28.6 Å². The molecule has 120 valence electrons. The van der Waals surface area contributed by atoms with E-state index in [1.165, 1.54) is 11.5 Å². The Balaban J connectivity index is 2.20. The molecule has 0 amide bonds. The summed E-state index contributed by atoms with van der Waals surface area (Å²) in [6.45, 7) is 4.04. The average molecular weight is 331 g/mol. The average Bonchev–Trinajstić information content (AvgIpc) is 2.87. The standard InChI is InChI=1S/C14H26N4OS2/c1-10-14(21-8-7-20-10)12(15)13-11(19-4)9-16-18(13)6-5-17(2)3/h9-10,12,14H,5-8,15H2,1-4H3. The predicted octanol–water partition coefficient (Wildman–Crippen LogP) is 1.69. The highest BCUT2D eigenvalue weighted by Crippen LogP contribution is 2.39. The largest absolute Gasteiger partial charge is 0.493 e. The number of hydrogen-bond acceptors (Lipinski definition) is 6. The highest BCUT2D eigenvalue weighted by Gasteiger charge is 2.33. The van der Waals surface area contributed by atoms with Crippen molar-refractivity contribution in [3.8, 4) is 5.75 Å². The van der Waals surface area contributed by atoms with Crippen LogP contribution in [0.25, 0.3) is 0 Å². The van der Waals surface area contributed by atoms with Crippen LogP contribution >= 0.6 is 23.5 Å². The van der Waals surface area contributed by atoms with E-state index >= 15 is 0 Å². The monoisotopic (exact) mass is 330 g/mol. The number of likely N-dealkylation sites (N-methyl/N-ethyl adjacent to an activating group) is 1. The molecule has 1 aromatic heterocycles. The molecule has 1 aliphatic heterocycles. The van der Waals surface area contributed by atoms with E-state index in [2.05, 4.69) is 31.0 Å². The number of methoxy groups -OCH3 is 1. The van der Waals surface area contributed by atoms with Gasteiger partial charge in [0, 0.05) is 28.6 Å². The first-order valence-electron chi connectivity index (χ1n) is 7.27. The molecule has 0 radical (unpaired) electrons. The van der Waals surface area contributed by atoms with Gasteiger partial charge in [0.25, 0.3) is 0 Å². The number of rotatable bonds is 6. The summed E-state index contributed by atoms with van der Waals surface area (Å²) in [4.78, 5) is 2.15. The highest BCUT2D eigenvalue weighted by molar-refractivity contribution is 8.07. The van der Waals surface area contributed by atoms with Gasteiger partial charge in [0.05, 0.1) is 31.6 Å². The minimum atomic E-state index is -0.0441. The molecule has 2 heterocycles. The Labute approximate surface area is 136 Å². The van der Waals surface area contributed by atoms with Crippen molar-refractivity contribution >= 4 is 23.5 Å². The van der Waals surface area contributed by atoms with Gasteiger partial charge in [-0.05, 0) is 14.1 Å². The van der Waals surface area contributed by atoms with Gasteiger partial charge >= 0.3 is 0 Å². The van der Waals surface area contributed by atoms with Crippen LogP contribution in [0, 0.1) is 0 Å². The molecular formula is C14H26N4OS2. The third kappa shape index (κ3) is 4.09. The van der Waals surface area contributed by atoms with Crippen molar-refractivity contribution in [1.29, 1.82) is 0 Å². The Morgan fingerprint density at radius 3 is 2.81 bits per heavy atom. The number of thioether (sulfide) groups is 2. The fraction of sp³-hybridized carbons (Fsp3) is 0.786. The molecule has 0 bridgehead atoms. The van der Waals surface area contributed by atoms with Crippen molar-refractivity contribution in [1.82, 2.24) is 14.7 Å². The third-order valence-corrected chi connectivity index (χ3v) is 6.95. The van der Waals surface area contributed by atoms with Gasteiger partial charge in [0.2, 0.25) is 0 Å². The minimum Gasteiger partial charge on any atom is -0.493 e. The maximum Gasteiger partial charge on any atom is 0.161 e. The van der Waals surface area contributed by atoms with E-state index in [1.807, 2.05) is 28.2 Å². The van der Waals surface area contributed by atoms with Crippen LogP contribution in [-0.2, 0) is 6.54 Å². The van der Waals surface area contributed by atoms with E-state index in [0.717, 1.165) is 24.5 Å². The molecule has 1 fully saturated rings. The SMILES string of the molecule is COc1cnn(CCN(C)C)c1C(N)C1SCCSC1C. The van der Waals surface area contributed by atoms with Crippen LogP contribution in [0.1, 0.15) is 18.7 Å². The summed E-state index contributed by atoms with van der Waals surface area (Å²) in [5, 5.41) is 5.43. The topological polar surface area (TPSA) is 56.3 Å². The van der Waals surface area contributed by atoms with Crippen LogP contribution in [0.15, 0.2) is 6.20 Å². The molecule has 3 atom stereocenters. The number of ether oxygens (including phenoxy) is 1. The molecule has 3 unspecified atom stereocenters. The highest BCUT2D eigenvalue weighted by atomic mass is 32.2. The number of nitrogens with two attached hydrogens (primary N) is 1. The Bertz CT molecular complexity index is 452. The van der Waals surface area contributed by atoms with Crippen molar-refractivity contribution in [2.24, 2.45) is 5.73 Å². The smallest absolute Gasteiger partial charge is 0.161 e. The molecule has 1 aliphatic rings. The zero-order chi connectivity index (χ0) is 15.4. The lowest BCUT2D eigenvalue weighted by molar-refractivity contribution is 0.360. The predicted molar refractivity (Wildman–Crippen MR) is 92.4 cm³/mol. The molecule has 5 nitrogen and oxygen atoms in total. The van der Waals surface area contributed by atoms with E-state index in [1.54, 1.807) is 13.3 Å². The first-order valence-corrected chi connectivity index (χ1v) is 9.37.